The van der Waals surface area contributed by atoms with Crippen molar-refractivity contribution in [3.63, 3.8) is 0 Å². The maximum absolute atomic E-state index is 12.5. The van der Waals surface area contributed by atoms with E-state index in [1.54, 1.807) is 0 Å². The summed E-state index contributed by atoms with van der Waals surface area (Å²) in [6.07, 6.45) is 87.7. The fourth-order valence-electron chi connectivity index (χ4n) is 11.2. The predicted octanol–water partition coefficient (Wildman–Crippen LogP) is 23.1. The number of nitrogens with one attached hydrogen (secondary N) is 1. The molecule has 79 heavy (non-hydrogen) atoms. The van der Waals surface area contributed by atoms with Crippen LogP contribution in [0.3, 0.4) is 0 Å². The zero-order valence-electron chi connectivity index (χ0n) is 53.4. The van der Waals surface area contributed by atoms with Crippen molar-refractivity contribution in [2.24, 2.45) is 0 Å². The normalized spacial score (nSPS) is 12.7. The lowest BCUT2D eigenvalue weighted by Gasteiger charge is -2.22. The van der Waals surface area contributed by atoms with Crippen molar-refractivity contribution >= 4 is 11.9 Å². The molecule has 466 valence electrons. The highest BCUT2D eigenvalue weighted by molar-refractivity contribution is 5.76. The molecule has 2 unspecified atom stereocenters. The highest BCUT2D eigenvalue weighted by atomic mass is 16.5. The second-order valence-corrected chi connectivity index (χ2v) is 24.6. The van der Waals surface area contributed by atoms with Gasteiger partial charge in [0.25, 0.3) is 0 Å². The van der Waals surface area contributed by atoms with Crippen LogP contribution in [0.15, 0.2) is 36.5 Å². The van der Waals surface area contributed by atoms with Crippen molar-refractivity contribution in [1.82, 2.24) is 5.32 Å². The molecule has 0 fully saturated rings. The van der Waals surface area contributed by atoms with Crippen LogP contribution >= 0.6 is 0 Å². The van der Waals surface area contributed by atoms with Crippen LogP contribution in [0.1, 0.15) is 393 Å². The Morgan fingerprint density at radius 3 is 0.987 bits per heavy atom. The second-order valence-electron chi connectivity index (χ2n) is 24.6. The average Bonchev–Trinajstić information content (AvgIpc) is 3.45. The maximum atomic E-state index is 12.5. The zero-order chi connectivity index (χ0) is 57.1. The number of aliphatic hydroxyl groups excluding tert-OH is 2. The Bertz CT molecular complexity index is 1280. The van der Waals surface area contributed by atoms with E-state index >= 15 is 0 Å². The molecule has 3 N–H and O–H groups in total. The molecule has 0 aromatic rings. The molecule has 0 radical (unpaired) electrons. The highest BCUT2D eigenvalue weighted by Crippen LogP contribution is 2.19. The molecule has 6 nitrogen and oxygen atoms in total. The van der Waals surface area contributed by atoms with Crippen LogP contribution < -0.4 is 5.32 Å². The van der Waals surface area contributed by atoms with E-state index < -0.39 is 12.1 Å². The van der Waals surface area contributed by atoms with Gasteiger partial charge in [0, 0.05) is 12.8 Å². The number of rotatable bonds is 67. The molecular weight excluding hydrogens is 971 g/mol. The lowest BCUT2D eigenvalue weighted by Crippen LogP contribution is -2.45. The van der Waals surface area contributed by atoms with E-state index in [0.717, 1.165) is 51.4 Å². The number of amides is 1. The highest BCUT2D eigenvalue weighted by Gasteiger charge is 2.20. The Hall–Kier alpha value is -1.92. The van der Waals surface area contributed by atoms with Crippen molar-refractivity contribution in [1.29, 1.82) is 0 Å². The number of carbonyl (C=O) groups excluding carboxylic acids is 2. The van der Waals surface area contributed by atoms with Crippen LogP contribution in [-0.2, 0) is 14.3 Å². The predicted molar refractivity (Wildman–Crippen MR) is 347 cm³/mol. The van der Waals surface area contributed by atoms with Gasteiger partial charge in [-0.25, -0.2) is 0 Å². The Kier molecular flexibility index (Phi) is 66.9. The van der Waals surface area contributed by atoms with Crippen LogP contribution in [-0.4, -0.2) is 47.4 Å². The summed E-state index contributed by atoms with van der Waals surface area (Å²) < 4.78 is 5.48. The molecule has 2 atom stereocenters. The van der Waals surface area contributed by atoms with Crippen LogP contribution in [0.25, 0.3) is 0 Å². The monoisotopic (exact) mass is 1110 g/mol. The number of hydrogen-bond acceptors (Lipinski definition) is 5. The van der Waals surface area contributed by atoms with Gasteiger partial charge in [0.15, 0.2) is 0 Å². The molecule has 0 heterocycles. The molecule has 0 bridgehead atoms. The van der Waals surface area contributed by atoms with Gasteiger partial charge in [-0.2, -0.15) is 0 Å². The molecule has 0 rings (SSSR count). The lowest BCUT2D eigenvalue weighted by molar-refractivity contribution is -0.143. The summed E-state index contributed by atoms with van der Waals surface area (Å²) in [5, 5.41) is 23.4. The minimum atomic E-state index is -0.663. The van der Waals surface area contributed by atoms with E-state index in [-0.39, 0.29) is 18.5 Å². The first-order valence-corrected chi connectivity index (χ1v) is 35.7. The third-order valence-corrected chi connectivity index (χ3v) is 16.7. The first-order chi connectivity index (χ1) is 39.0. The smallest absolute Gasteiger partial charge is 0.305 e. The fourth-order valence-corrected chi connectivity index (χ4v) is 11.2. The summed E-state index contributed by atoms with van der Waals surface area (Å²) >= 11 is 0. The second kappa shape index (κ2) is 68.6. The summed E-state index contributed by atoms with van der Waals surface area (Å²) in [6, 6.07) is -0.540. The molecular formula is C73H139NO5. The van der Waals surface area contributed by atoms with Crippen molar-refractivity contribution < 1.29 is 24.5 Å². The number of unbranched alkanes of at least 4 members (excludes halogenated alkanes) is 50. The molecule has 0 aliphatic rings. The number of aliphatic hydroxyl groups is 2. The Balaban J connectivity index is 3.38. The molecule has 6 heteroatoms. The van der Waals surface area contributed by atoms with Gasteiger partial charge < -0.3 is 20.3 Å². The van der Waals surface area contributed by atoms with Crippen LogP contribution in [0.4, 0.5) is 0 Å². The summed E-state index contributed by atoms with van der Waals surface area (Å²) in [5.41, 5.74) is 0. The Labute approximate surface area is 494 Å². The van der Waals surface area contributed by atoms with Crippen molar-refractivity contribution in [3.05, 3.63) is 36.5 Å². The topological polar surface area (TPSA) is 95.9 Å². The fraction of sp³-hybridized carbons (Fsp3) is 0.890. The first-order valence-electron chi connectivity index (χ1n) is 35.7. The summed E-state index contributed by atoms with van der Waals surface area (Å²) in [7, 11) is 0. The SMILES string of the molecule is CCCCCC/C=C\CCCCCCCC(=O)OCCCCCCCCCCC/C=C\C/C=C\CCCCCCCCCCCCCCCCCCCC(=O)NC(CO)C(O)CCCCCCCCCCCCCCCCCC. The zero-order valence-corrected chi connectivity index (χ0v) is 53.4. The largest absolute Gasteiger partial charge is 0.466 e. The third kappa shape index (κ3) is 65.1. The van der Waals surface area contributed by atoms with E-state index in [1.807, 2.05) is 0 Å². The van der Waals surface area contributed by atoms with Crippen LogP contribution in [0.2, 0.25) is 0 Å². The van der Waals surface area contributed by atoms with Gasteiger partial charge in [-0.05, 0) is 83.5 Å². The minimum absolute atomic E-state index is 0.00521. The van der Waals surface area contributed by atoms with E-state index in [9.17, 15) is 19.8 Å². The summed E-state index contributed by atoms with van der Waals surface area (Å²) in [4.78, 5) is 24.6. The minimum Gasteiger partial charge on any atom is -0.466 e. The van der Waals surface area contributed by atoms with E-state index in [4.69, 9.17) is 4.74 Å². The van der Waals surface area contributed by atoms with Gasteiger partial charge in [0.2, 0.25) is 5.91 Å². The van der Waals surface area contributed by atoms with Gasteiger partial charge in [-0.15, -0.1) is 0 Å². The molecule has 0 aliphatic carbocycles. The van der Waals surface area contributed by atoms with Gasteiger partial charge in [-0.1, -0.05) is 333 Å². The number of esters is 1. The van der Waals surface area contributed by atoms with Gasteiger partial charge in [-0.3, -0.25) is 9.59 Å². The quantitative estimate of drug-likeness (QED) is 0.0320. The third-order valence-electron chi connectivity index (χ3n) is 16.7. The molecule has 0 spiro atoms. The van der Waals surface area contributed by atoms with Gasteiger partial charge >= 0.3 is 5.97 Å². The first kappa shape index (κ1) is 77.1. The number of hydrogen-bond donors (Lipinski definition) is 3. The van der Waals surface area contributed by atoms with Crippen molar-refractivity contribution in [2.45, 2.75) is 405 Å². The van der Waals surface area contributed by atoms with E-state index in [0.29, 0.717) is 25.9 Å². The molecule has 0 aromatic carbocycles. The average molecular weight is 1110 g/mol. The standard InChI is InChI=1S/C73H139NO5/c1-3-5-7-9-11-13-15-17-18-38-42-45-49-53-57-61-65-71(76)70(69-75)74-72(77)66-62-58-54-50-46-43-39-36-34-32-30-28-26-24-22-20-19-21-23-25-27-29-31-33-35-37-40-44-48-52-56-60-64-68-79-73(78)67-63-59-55-51-47-41-16-14-12-10-8-6-4-2/h14,16,23,25,29,31,70-71,75-76H,3-13,15,17-22,24,26-28,30,32-69H2,1-2H3,(H,74,77)/b16-14-,25-23-,31-29-. The molecule has 1 amide bonds. The molecule has 0 aliphatic heterocycles. The van der Waals surface area contributed by atoms with E-state index in [1.165, 1.54) is 308 Å². The lowest BCUT2D eigenvalue weighted by atomic mass is 10.0. The van der Waals surface area contributed by atoms with Gasteiger partial charge in [0.1, 0.15) is 0 Å². The Morgan fingerprint density at radius 2 is 0.633 bits per heavy atom. The maximum Gasteiger partial charge on any atom is 0.305 e. The number of carbonyl (C=O) groups is 2. The summed E-state index contributed by atoms with van der Waals surface area (Å²) in [5.74, 6) is -0.0249. The van der Waals surface area contributed by atoms with Crippen molar-refractivity contribution in [2.75, 3.05) is 13.2 Å². The van der Waals surface area contributed by atoms with E-state index in [2.05, 4.69) is 55.6 Å². The summed E-state index contributed by atoms with van der Waals surface area (Å²) in [6.45, 7) is 4.96. The molecule has 0 aromatic heterocycles. The van der Waals surface area contributed by atoms with Crippen LogP contribution in [0, 0.1) is 0 Å². The van der Waals surface area contributed by atoms with Crippen LogP contribution in [0.5, 0.6) is 0 Å². The van der Waals surface area contributed by atoms with Crippen molar-refractivity contribution in [3.8, 4) is 0 Å². The molecule has 0 saturated carbocycles. The molecule has 0 saturated heterocycles. The number of allylic oxidation sites excluding steroid dienone is 6. The Morgan fingerprint density at radius 1 is 0.354 bits per heavy atom. The van der Waals surface area contributed by atoms with Gasteiger partial charge in [0.05, 0.1) is 25.4 Å². The number of ether oxygens (including phenoxy) is 1.